The molecule has 7 atom stereocenters. The van der Waals surface area contributed by atoms with E-state index >= 15 is 0 Å². The molecule has 0 saturated carbocycles. The van der Waals surface area contributed by atoms with Crippen molar-refractivity contribution in [3.05, 3.63) is 12.2 Å². The van der Waals surface area contributed by atoms with Gasteiger partial charge in [0, 0.05) is 6.42 Å². The van der Waals surface area contributed by atoms with Gasteiger partial charge in [0.1, 0.15) is 24.4 Å². The predicted octanol–water partition coefficient (Wildman–Crippen LogP) is 10.1. The number of rotatable bonds is 40. The summed E-state index contributed by atoms with van der Waals surface area (Å²) in [5, 5.41) is 54.2. The second kappa shape index (κ2) is 38.2. The molecule has 0 spiro atoms. The van der Waals surface area contributed by atoms with Gasteiger partial charge in [0.05, 0.1) is 25.4 Å². The molecule has 9 nitrogen and oxygen atoms in total. The Morgan fingerprint density at radius 3 is 1.39 bits per heavy atom. The Balaban J connectivity index is 2.33. The summed E-state index contributed by atoms with van der Waals surface area (Å²) in [6, 6.07) is -0.798. The van der Waals surface area contributed by atoms with Crippen molar-refractivity contribution in [2.75, 3.05) is 13.2 Å². The first-order valence-corrected chi connectivity index (χ1v) is 23.9. The Morgan fingerprint density at radius 2 is 0.982 bits per heavy atom. The second-order valence-corrected chi connectivity index (χ2v) is 16.9. The molecule has 1 fully saturated rings. The molecule has 0 aliphatic carbocycles. The molecule has 56 heavy (non-hydrogen) atoms. The highest BCUT2D eigenvalue weighted by atomic mass is 16.7. The van der Waals surface area contributed by atoms with Crippen molar-refractivity contribution in [1.29, 1.82) is 0 Å². The van der Waals surface area contributed by atoms with E-state index in [0.717, 1.165) is 38.5 Å². The van der Waals surface area contributed by atoms with Gasteiger partial charge in [-0.05, 0) is 19.3 Å². The molecule has 9 heteroatoms. The number of nitrogens with one attached hydrogen (secondary N) is 1. The van der Waals surface area contributed by atoms with Crippen LogP contribution in [-0.4, -0.2) is 87.5 Å². The Bertz CT molecular complexity index is 888. The largest absolute Gasteiger partial charge is 0.394 e. The van der Waals surface area contributed by atoms with Crippen LogP contribution in [0.5, 0.6) is 0 Å². The third-order valence-electron chi connectivity index (χ3n) is 11.6. The molecule has 332 valence electrons. The number of unbranched alkanes of at least 4 members (excludes halogenated alkanes) is 30. The summed E-state index contributed by atoms with van der Waals surface area (Å²) >= 11 is 0. The lowest BCUT2D eigenvalue weighted by Gasteiger charge is -2.40. The van der Waals surface area contributed by atoms with E-state index in [2.05, 4.69) is 19.2 Å². The molecule has 0 aromatic heterocycles. The van der Waals surface area contributed by atoms with E-state index in [0.29, 0.717) is 6.42 Å². The molecule has 1 aliphatic heterocycles. The van der Waals surface area contributed by atoms with E-state index in [-0.39, 0.29) is 12.5 Å². The smallest absolute Gasteiger partial charge is 0.220 e. The van der Waals surface area contributed by atoms with Gasteiger partial charge in [-0.2, -0.15) is 0 Å². The van der Waals surface area contributed by atoms with Crippen LogP contribution in [0.3, 0.4) is 0 Å². The number of hydrogen-bond donors (Lipinski definition) is 6. The number of carbonyl (C=O) groups is 1. The molecule has 1 saturated heterocycles. The fourth-order valence-corrected chi connectivity index (χ4v) is 7.75. The molecular weight excluding hydrogens is 707 g/mol. The first-order valence-electron chi connectivity index (χ1n) is 23.9. The van der Waals surface area contributed by atoms with E-state index in [4.69, 9.17) is 9.47 Å². The number of ether oxygens (including phenoxy) is 2. The van der Waals surface area contributed by atoms with Gasteiger partial charge < -0.3 is 40.3 Å². The first kappa shape index (κ1) is 52.9. The normalized spacial score (nSPS) is 21.2. The topological polar surface area (TPSA) is 149 Å². The quantitative estimate of drug-likeness (QED) is 0.0265. The van der Waals surface area contributed by atoms with Crippen LogP contribution in [0, 0.1) is 0 Å². The van der Waals surface area contributed by atoms with Gasteiger partial charge in [-0.15, -0.1) is 0 Å². The number of carbonyl (C=O) groups excluding carboxylic acids is 1. The van der Waals surface area contributed by atoms with Crippen molar-refractivity contribution >= 4 is 5.91 Å². The van der Waals surface area contributed by atoms with E-state index in [9.17, 15) is 30.3 Å². The predicted molar refractivity (Wildman–Crippen MR) is 231 cm³/mol. The van der Waals surface area contributed by atoms with E-state index in [1.807, 2.05) is 6.08 Å². The van der Waals surface area contributed by atoms with Gasteiger partial charge in [0.15, 0.2) is 6.29 Å². The second-order valence-electron chi connectivity index (χ2n) is 16.9. The van der Waals surface area contributed by atoms with E-state index < -0.39 is 49.5 Å². The van der Waals surface area contributed by atoms with Gasteiger partial charge in [-0.25, -0.2) is 0 Å². The van der Waals surface area contributed by atoms with Crippen LogP contribution in [-0.2, 0) is 14.3 Å². The molecule has 0 aromatic carbocycles. The molecule has 1 amide bonds. The first-order chi connectivity index (χ1) is 27.3. The highest BCUT2D eigenvalue weighted by Gasteiger charge is 2.44. The fourth-order valence-electron chi connectivity index (χ4n) is 7.75. The molecule has 0 radical (unpaired) electrons. The van der Waals surface area contributed by atoms with Gasteiger partial charge in [-0.3, -0.25) is 4.79 Å². The zero-order chi connectivity index (χ0) is 40.9. The van der Waals surface area contributed by atoms with Crippen LogP contribution >= 0.6 is 0 Å². The molecule has 0 aromatic rings. The van der Waals surface area contributed by atoms with Crippen LogP contribution in [0.15, 0.2) is 12.2 Å². The maximum atomic E-state index is 13.0. The Morgan fingerprint density at radius 1 is 0.589 bits per heavy atom. The van der Waals surface area contributed by atoms with Gasteiger partial charge in [-0.1, -0.05) is 212 Å². The van der Waals surface area contributed by atoms with Crippen LogP contribution in [0.1, 0.15) is 226 Å². The Hall–Kier alpha value is -1.07. The number of aliphatic hydroxyl groups excluding tert-OH is 5. The van der Waals surface area contributed by atoms with Crippen molar-refractivity contribution in [3.63, 3.8) is 0 Å². The number of hydrogen-bond acceptors (Lipinski definition) is 8. The molecule has 1 heterocycles. The SMILES string of the molecule is CCCCCCCCCCCCCCCC/C=C/[C@@H](O)[C@H](CO[C@@H]1O[C@H](CO)[C@H](O)C(O)C1O)NC(=O)CCCCCCCCCCCCCCCCCCC. The molecule has 1 aliphatic rings. The summed E-state index contributed by atoms with van der Waals surface area (Å²) in [4.78, 5) is 13.0. The average molecular weight is 798 g/mol. The minimum atomic E-state index is -1.56. The van der Waals surface area contributed by atoms with E-state index in [1.165, 1.54) is 167 Å². The Labute approximate surface area is 344 Å². The summed E-state index contributed by atoms with van der Waals surface area (Å²) in [5.74, 6) is -0.173. The van der Waals surface area contributed by atoms with Crippen LogP contribution < -0.4 is 5.32 Å². The molecule has 2 unspecified atom stereocenters. The summed E-state index contributed by atoms with van der Waals surface area (Å²) in [7, 11) is 0. The Kier molecular flexibility index (Phi) is 36.1. The third kappa shape index (κ3) is 28.4. The monoisotopic (exact) mass is 798 g/mol. The van der Waals surface area contributed by atoms with Crippen molar-refractivity contribution in [2.45, 2.75) is 269 Å². The minimum absolute atomic E-state index is 0.173. The zero-order valence-electron chi connectivity index (χ0n) is 36.4. The van der Waals surface area contributed by atoms with Gasteiger partial charge in [0.25, 0.3) is 0 Å². The molecule has 6 N–H and O–H groups in total. The van der Waals surface area contributed by atoms with E-state index in [1.54, 1.807) is 6.08 Å². The van der Waals surface area contributed by atoms with Crippen molar-refractivity contribution in [3.8, 4) is 0 Å². The van der Waals surface area contributed by atoms with Crippen LogP contribution in [0.2, 0.25) is 0 Å². The standard InChI is InChI=1S/C47H91NO8/c1-3-5-7-9-11-13-15-17-19-21-23-25-27-29-31-33-35-37-43(51)48-40(39-55-47-46(54)45(53)44(52)42(38-49)56-47)41(50)36-34-32-30-28-26-24-22-20-18-16-14-12-10-8-6-4-2/h34,36,40-42,44-47,49-50,52-54H,3-33,35,37-39H2,1-2H3,(H,48,51)/b36-34+/t40-,41+,42+,44-,45?,46?,47+/m0/s1. The molecular formula is C47H91NO8. The molecule has 1 rings (SSSR count). The summed E-state index contributed by atoms with van der Waals surface area (Å²) in [6.07, 6.45) is 36.8. The van der Waals surface area contributed by atoms with Crippen LogP contribution in [0.4, 0.5) is 0 Å². The maximum absolute atomic E-state index is 13.0. The molecule has 0 bridgehead atoms. The van der Waals surface area contributed by atoms with Gasteiger partial charge in [0.2, 0.25) is 5.91 Å². The summed E-state index contributed by atoms with van der Waals surface area (Å²) < 4.78 is 11.2. The highest BCUT2D eigenvalue weighted by molar-refractivity contribution is 5.76. The number of allylic oxidation sites excluding steroid dienone is 1. The highest BCUT2D eigenvalue weighted by Crippen LogP contribution is 2.23. The number of amides is 1. The number of aliphatic hydroxyl groups is 5. The fraction of sp³-hybridized carbons (Fsp3) is 0.936. The third-order valence-corrected chi connectivity index (χ3v) is 11.6. The summed E-state index contributed by atoms with van der Waals surface area (Å²) in [6.45, 7) is 3.79. The van der Waals surface area contributed by atoms with Crippen molar-refractivity contribution in [1.82, 2.24) is 5.32 Å². The van der Waals surface area contributed by atoms with Crippen molar-refractivity contribution < 1.29 is 39.8 Å². The van der Waals surface area contributed by atoms with Crippen molar-refractivity contribution in [2.24, 2.45) is 0 Å². The lowest BCUT2D eigenvalue weighted by molar-refractivity contribution is -0.302. The van der Waals surface area contributed by atoms with Gasteiger partial charge >= 0.3 is 0 Å². The maximum Gasteiger partial charge on any atom is 0.220 e. The minimum Gasteiger partial charge on any atom is -0.394 e. The lowest BCUT2D eigenvalue weighted by atomic mass is 9.99. The summed E-state index contributed by atoms with van der Waals surface area (Å²) in [5.41, 5.74) is 0. The van der Waals surface area contributed by atoms with Crippen LogP contribution in [0.25, 0.3) is 0 Å². The average Bonchev–Trinajstić information content (AvgIpc) is 3.20. The lowest BCUT2D eigenvalue weighted by Crippen LogP contribution is -2.60. The zero-order valence-corrected chi connectivity index (χ0v) is 36.4.